The van der Waals surface area contributed by atoms with Crippen LogP contribution in [0.15, 0.2) is 29.2 Å². The lowest BCUT2D eigenvalue weighted by atomic mass is 9.64. The van der Waals surface area contributed by atoms with E-state index in [1.807, 2.05) is 0 Å². The highest BCUT2D eigenvalue weighted by molar-refractivity contribution is 7.79. The zero-order chi connectivity index (χ0) is 11.8. The van der Waals surface area contributed by atoms with E-state index in [0.717, 1.165) is 12.0 Å². The average Bonchev–Trinajstić information content (AvgIpc) is 2.16. The van der Waals surface area contributed by atoms with Crippen molar-refractivity contribution in [1.29, 1.82) is 0 Å². The molecule has 16 heavy (non-hydrogen) atoms. The van der Waals surface area contributed by atoms with Crippen LogP contribution in [0.25, 0.3) is 0 Å². The molecule has 5 heteroatoms. The Morgan fingerprint density at radius 3 is 2.12 bits per heavy atom. The summed E-state index contributed by atoms with van der Waals surface area (Å²) in [7, 11) is 0. The zero-order valence-electron chi connectivity index (χ0n) is 8.55. The van der Waals surface area contributed by atoms with Crippen LogP contribution in [0.1, 0.15) is 24.8 Å². The molecule has 4 nitrogen and oxygen atoms in total. The highest BCUT2D eigenvalue weighted by atomic mass is 32.2. The van der Waals surface area contributed by atoms with Gasteiger partial charge in [0.15, 0.2) is 11.1 Å². The summed E-state index contributed by atoms with van der Waals surface area (Å²) >= 11 is -2.01. The van der Waals surface area contributed by atoms with Gasteiger partial charge in [-0.25, -0.2) is 4.21 Å². The van der Waals surface area contributed by atoms with Gasteiger partial charge in [-0.2, -0.15) is 0 Å². The SMILES string of the molecule is O=C(O)C1(c2ccc(S(=O)O)cc2)CCC1. The lowest BCUT2D eigenvalue weighted by Gasteiger charge is -2.38. The number of hydrogen-bond donors (Lipinski definition) is 2. The van der Waals surface area contributed by atoms with Gasteiger partial charge in [0, 0.05) is 0 Å². The molecule has 0 amide bonds. The van der Waals surface area contributed by atoms with E-state index in [1.54, 1.807) is 12.1 Å². The summed E-state index contributed by atoms with van der Waals surface area (Å²) in [4.78, 5) is 11.5. The van der Waals surface area contributed by atoms with Crippen LogP contribution < -0.4 is 0 Å². The number of carboxylic acid groups (broad SMARTS) is 1. The molecule has 1 aliphatic rings. The Balaban J connectivity index is 2.34. The van der Waals surface area contributed by atoms with Gasteiger partial charge < -0.3 is 9.66 Å². The smallest absolute Gasteiger partial charge is 0.314 e. The molecule has 0 aromatic heterocycles. The molecule has 1 saturated carbocycles. The molecule has 1 aliphatic carbocycles. The quantitative estimate of drug-likeness (QED) is 0.790. The maximum Gasteiger partial charge on any atom is 0.314 e. The Morgan fingerprint density at radius 2 is 1.81 bits per heavy atom. The molecule has 0 saturated heterocycles. The fraction of sp³-hybridized carbons (Fsp3) is 0.364. The topological polar surface area (TPSA) is 74.6 Å². The van der Waals surface area contributed by atoms with Crippen molar-refractivity contribution in [3.63, 3.8) is 0 Å². The van der Waals surface area contributed by atoms with Gasteiger partial charge in [0.1, 0.15) is 0 Å². The summed E-state index contributed by atoms with van der Waals surface area (Å²) in [6.07, 6.45) is 2.20. The van der Waals surface area contributed by atoms with Gasteiger partial charge in [0.25, 0.3) is 0 Å². The Labute approximate surface area is 95.6 Å². The lowest BCUT2D eigenvalue weighted by Crippen LogP contribution is -2.42. The van der Waals surface area contributed by atoms with E-state index in [-0.39, 0.29) is 0 Å². The van der Waals surface area contributed by atoms with Crippen LogP contribution in [0.5, 0.6) is 0 Å². The monoisotopic (exact) mass is 240 g/mol. The molecule has 1 atom stereocenters. The van der Waals surface area contributed by atoms with Gasteiger partial charge in [-0.3, -0.25) is 4.79 Å². The molecule has 0 bridgehead atoms. The lowest BCUT2D eigenvalue weighted by molar-refractivity contribution is -0.147. The first-order chi connectivity index (χ1) is 7.56. The van der Waals surface area contributed by atoms with Crippen LogP contribution in [0.2, 0.25) is 0 Å². The van der Waals surface area contributed by atoms with Crippen LogP contribution in [-0.4, -0.2) is 19.8 Å². The molecule has 1 aromatic rings. The van der Waals surface area contributed by atoms with Crippen molar-refractivity contribution in [2.24, 2.45) is 0 Å². The van der Waals surface area contributed by atoms with Crippen LogP contribution >= 0.6 is 0 Å². The summed E-state index contributed by atoms with van der Waals surface area (Å²) in [5.41, 5.74) is -0.0457. The number of carbonyl (C=O) groups is 1. The average molecular weight is 240 g/mol. The molecule has 86 valence electrons. The van der Waals surface area contributed by atoms with Crippen molar-refractivity contribution in [3.05, 3.63) is 29.8 Å². The molecule has 0 heterocycles. The zero-order valence-corrected chi connectivity index (χ0v) is 9.37. The number of aliphatic carboxylic acids is 1. The van der Waals surface area contributed by atoms with E-state index in [4.69, 9.17) is 4.55 Å². The van der Waals surface area contributed by atoms with Crippen LogP contribution in [0, 0.1) is 0 Å². The Kier molecular flexibility index (Phi) is 2.82. The summed E-state index contributed by atoms with van der Waals surface area (Å²) in [6, 6.07) is 6.29. The molecule has 0 spiro atoms. The van der Waals surface area contributed by atoms with Crippen molar-refractivity contribution in [2.45, 2.75) is 29.6 Å². The molecule has 2 rings (SSSR count). The van der Waals surface area contributed by atoms with Crippen LogP contribution in [0.3, 0.4) is 0 Å². The second-order valence-corrected chi connectivity index (χ2v) is 4.98. The highest BCUT2D eigenvalue weighted by Crippen LogP contribution is 2.43. The van der Waals surface area contributed by atoms with E-state index in [0.29, 0.717) is 17.7 Å². The van der Waals surface area contributed by atoms with Gasteiger partial charge in [-0.05, 0) is 30.5 Å². The fourth-order valence-electron chi connectivity index (χ4n) is 2.05. The minimum Gasteiger partial charge on any atom is -0.481 e. The molecular formula is C11H12O4S. The van der Waals surface area contributed by atoms with Gasteiger partial charge in [-0.15, -0.1) is 0 Å². The van der Waals surface area contributed by atoms with Crippen LogP contribution in [0.4, 0.5) is 0 Å². The molecule has 0 radical (unpaired) electrons. The minimum absolute atomic E-state index is 0.295. The van der Waals surface area contributed by atoms with E-state index in [2.05, 4.69) is 0 Å². The van der Waals surface area contributed by atoms with Gasteiger partial charge in [-0.1, -0.05) is 18.6 Å². The van der Waals surface area contributed by atoms with Gasteiger partial charge >= 0.3 is 5.97 Å². The predicted octanol–water partition coefficient (Wildman–Crippen LogP) is 1.77. The second-order valence-electron chi connectivity index (χ2n) is 4.01. The van der Waals surface area contributed by atoms with E-state index >= 15 is 0 Å². The summed E-state index contributed by atoms with van der Waals surface area (Å²) in [5.74, 6) is -0.809. The summed E-state index contributed by atoms with van der Waals surface area (Å²) in [5, 5.41) is 9.21. The number of carboxylic acids is 1. The Bertz CT molecular complexity index is 434. The van der Waals surface area contributed by atoms with E-state index < -0.39 is 22.5 Å². The molecule has 1 aromatic carbocycles. The van der Waals surface area contributed by atoms with Crippen molar-refractivity contribution in [1.82, 2.24) is 0 Å². The first-order valence-corrected chi connectivity index (χ1v) is 6.12. The standard InChI is InChI=1S/C11H12O4S/c12-10(13)11(6-1-7-11)8-2-4-9(5-3-8)16(14)15/h2-5H,1,6-7H2,(H,12,13)(H,14,15). The third-order valence-corrected chi connectivity index (χ3v) is 3.90. The van der Waals surface area contributed by atoms with E-state index in [9.17, 15) is 14.1 Å². The van der Waals surface area contributed by atoms with Crippen molar-refractivity contribution < 1.29 is 18.7 Å². The predicted molar refractivity (Wildman–Crippen MR) is 58.6 cm³/mol. The fourth-order valence-corrected chi connectivity index (χ4v) is 2.42. The Hall–Kier alpha value is -1.20. The summed E-state index contributed by atoms with van der Waals surface area (Å²) < 4.78 is 19.6. The normalized spacial score (nSPS) is 19.8. The first-order valence-electron chi connectivity index (χ1n) is 5.01. The number of hydrogen-bond acceptors (Lipinski definition) is 2. The Morgan fingerprint density at radius 1 is 1.25 bits per heavy atom. The van der Waals surface area contributed by atoms with Crippen molar-refractivity contribution in [3.8, 4) is 0 Å². The molecule has 1 unspecified atom stereocenters. The largest absolute Gasteiger partial charge is 0.481 e. The summed E-state index contributed by atoms with van der Waals surface area (Å²) in [6.45, 7) is 0. The third-order valence-electron chi connectivity index (χ3n) is 3.23. The van der Waals surface area contributed by atoms with E-state index in [1.165, 1.54) is 12.1 Å². The molecule has 2 N–H and O–H groups in total. The van der Waals surface area contributed by atoms with Crippen molar-refractivity contribution >= 4 is 17.0 Å². The third kappa shape index (κ3) is 1.66. The first kappa shape index (κ1) is 11.3. The van der Waals surface area contributed by atoms with Crippen molar-refractivity contribution in [2.75, 3.05) is 0 Å². The molecule has 1 fully saturated rings. The maximum absolute atomic E-state index is 11.2. The minimum atomic E-state index is -2.01. The second kappa shape index (κ2) is 3.99. The molecule has 0 aliphatic heterocycles. The molecular weight excluding hydrogens is 228 g/mol. The number of benzene rings is 1. The van der Waals surface area contributed by atoms with Crippen LogP contribution in [-0.2, 0) is 21.3 Å². The highest BCUT2D eigenvalue weighted by Gasteiger charge is 2.45. The maximum atomic E-state index is 11.2. The van der Waals surface area contributed by atoms with Gasteiger partial charge in [0.05, 0.1) is 10.3 Å². The van der Waals surface area contributed by atoms with Gasteiger partial charge in [0.2, 0.25) is 0 Å². The number of rotatable bonds is 3.